The van der Waals surface area contributed by atoms with E-state index in [9.17, 15) is 4.79 Å². The van der Waals surface area contributed by atoms with Crippen molar-refractivity contribution in [3.05, 3.63) is 64.0 Å². The SMILES string of the molecule is Cc1ccccc1C1CCCN1C(=O)c1cnc(-c2cccs2)s1. The van der Waals surface area contributed by atoms with E-state index in [1.165, 1.54) is 22.5 Å². The first-order valence-electron chi connectivity index (χ1n) is 8.10. The summed E-state index contributed by atoms with van der Waals surface area (Å²) >= 11 is 3.15. The molecule has 1 aliphatic heterocycles. The molecule has 0 aliphatic carbocycles. The summed E-state index contributed by atoms with van der Waals surface area (Å²) in [6, 6.07) is 12.6. The van der Waals surface area contributed by atoms with E-state index in [4.69, 9.17) is 0 Å². The molecule has 1 unspecified atom stereocenters. The van der Waals surface area contributed by atoms with Gasteiger partial charge in [-0.3, -0.25) is 4.79 Å². The lowest BCUT2D eigenvalue weighted by molar-refractivity contribution is 0.0740. The zero-order valence-electron chi connectivity index (χ0n) is 13.4. The summed E-state index contributed by atoms with van der Waals surface area (Å²) < 4.78 is 0. The molecule has 1 amide bonds. The van der Waals surface area contributed by atoms with Crippen LogP contribution < -0.4 is 0 Å². The Bertz CT molecular complexity index is 854. The van der Waals surface area contributed by atoms with E-state index in [1.807, 2.05) is 22.4 Å². The Morgan fingerprint density at radius 2 is 2.12 bits per heavy atom. The highest BCUT2D eigenvalue weighted by Crippen LogP contribution is 2.36. The van der Waals surface area contributed by atoms with Crippen LogP contribution in [0, 0.1) is 6.92 Å². The number of amides is 1. The van der Waals surface area contributed by atoms with Gasteiger partial charge in [0.25, 0.3) is 5.91 Å². The van der Waals surface area contributed by atoms with Crippen LogP contribution in [0.2, 0.25) is 0 Å². The van der Waals surface area contributed by atoms with Crippen LogP contribution in [0.4, 0.5) is 0 Å². The van der Waals surface area contributed by atoms with Crippen molar-refractivity contribution in [1.82, 2.24) is 9.88 Å². The van der Waals surface area contributed by atoms with Crippen LogP contribution >= 0.6 is 22.7 Å². The Hall–Kier alpha value is -1.98. The summed E-state index contributed by atoms with van der Waals surface area (Å²) in [5, 5.41) is 2.97. The monoisotopic (exact) mass is 354 g/mol. The zero-order valence-corrected chi connectivity index (χ0v) is 15.1. The van der Waals surface area contributed by atoms with Crippen molar-refractivity contribution >= 4 is 28.6 Å². The van der Waals surface area contributed by atoms with Gasteiger partial charge in [0, 0.05) is 6.54 Å². The summed E-state index contributed by atoms with van der Waals surface area (Å²) in [6.45, 7) is 2.95. The van der Waals surface area contributed by atoms with Crippen LogP contribution in [0.1, 0.15) is 39.7 Å². The second-order valence-electron chi connectivity index (χ2n) is 6.02. The van der Waals surface area contributed by atoms with Gasteiger partial charge in [0.2, 0.25) is 0 Å². The molecule has 0 N–H and O–H groups in total. The fraction of sp³-hybridized carbons (Fsp3) is 0.263. The first kappa shape index (κ1) is 15.5. The molecular formula is C19H18N2OS2. The number of thiophene rings is 1. The molecule has 1 aromatic carbocycles. The van der Waals surface area contributed by atoms with E-state index in [1.54, 1.807) is 17.5 Å². The first-order valence-corrected chi connectivity index (χ1v) is 9.80. The molecule has 0 saturated carbocycles. The molecule has 1 saturated heterocycles. The molecule has 0 spiro atoms. The minimum atomic E-state index is 0.112. The van der Waals surface area contributed by atoms with E-state index in [2.05, 4.69) is 36.2 Å². The number of likely N-dealkylation sites (tertiary alicyclic amines) is 1. The van der Waals surface area contributed by atoms with Crippen molar-refractivity contribution < 1.29 is 4.79 Å². The van der Waals surface area contributed by atoms with Crippen molar-refractivity contribution in [2.45, 2.75) is 25.8 Å². The van der Waals surface area contributed by atoms with Gasteiger partial charge in [0.05, 0.1) is 17.1 Å². The lowest BCUT2D eigenvalue weighted by Gasteiger charge is -2.25. The highest BCUT2D eigenvalue weighted by molar-refractivity contribution is 7.21. The number of carbonyl (C=O) groups excluding carboxylic acids is 1. The molecule has 0 radical (unpaired) electrons. The lowest BCUT2D eigenvalue weighted by atomic mass is 9.99. The highest BCUT2D eigenvalue weighted by Gasteiger charge is 2.32. The molecule has 1 aliphatic rings. The number of rotatable bonds is 3. The molecule has 3 nitrogen and oxygen atoms in total. The van der Waals surface area contributed by atoms with Crippen LogP contribution in [0.25, 0.3) is 9.88 Å². The van der Waals surface area contributed by atoms with Crippen LogP contribution in [-0.4, -0.2) is 22.3 Å². The molecule has 3 aromatic rings. The normalized spacial score (nSPS) is 17.4. The van der Waals surface area contributed by atoms with Crippen LogP contribution in [0.15, 0.2) is 48.0 Å². The van der Waals surface area contributed by atoms with Crippen molar-refractivity contribution in [2.24, 2.45) is 0 Å². The Morgan fingerprint density at radius 3 is 2.92 bits per heavy atom. The van der Waals surface area contributed by atoms with Crippen LogP contribution in [0.5, 0.6) is 0 Å². The van der Waals surface area contributed by atoms with Crippen molar-refractivity contribution in [3.63, 3.8) is 0 Å². The van der Waals surface area contributed by atoms with Crippen LogP contribution in [-0.2, 0) is 0 Å². The number of carbonyl (C=O) groups is 1. The largest absolute Gasteiger partial charge is 0.331 e. The minimum absolute atomic E-state index is 0.112. The molecule has 2 aromatic heterocycles. The summed E-state index contributed by atoms with van der Waals surface area (Å²) in [5.74, 6) is 0.112. The number of aromatic nitrogens is 1. The summed E-state index contributed by atoms with van der Waals surface area (Å²) in [6.07, 6.45) is 3.82. The summed E-state index contributed by atoms with van der Waals surface area (Å²) in [4.78, 5) is 21.4. The predicted octanol–water partition coefficient (Wildman–Crippen LogP) is 5.16. The van der Waals surface area contributed by atoms with E-state index in [-0.39, 0.29) is 11.9 Å². The third-order valence-electron chi connectivity index (χ3n) is 4.51. The third-order valence-corrected chi connectivity index (χ3v) is 6.53. The van der Waals surface area contributed by atoms with Gasteiger partial charge in [0.1, 0.15) is 9.88 Å². The standard InChI is InChI=1S/C19H18N2OS2/c1-13-6-2-3-7-14(13)15-8-4-10-21(15)19(22)17-12-20-18(24-17)16-9-5-11-23-16/h2-3,5-7,9,11-12,15H,4,8,10H2,1H3. The average Bonchev–Trinajstić information content (AvgIpc) is 3.34. The lowest BCUT2D eigenvalue weighted by Crippen LogP contribution is -2.30. The summed E-state index contributed by atoms with van der Waals surface area (Å²) in [7, 11) is 0. The number of nitrogens with zero attached hydrogens (tertiary/aromatic N) is 2. The van der Waals surface area contributed by atoms with Gasteiger partial charge >= 0.3 is 0 Å². The third kappa shape index (κ3) is 2.78. The maximum absolute atomic E-state index is 13.0. The Kier molecular flexibility index (Phi) is 4.21. The molecular weight excluding hydrogens is 336 g/mol. The highest BCUT2D eigenvalue weighted by atomic mass is 32.1. The predicted molar refractivity (Wildman–Crippen MR) is 99.6 cm³/mol. The number of hydrogen-bond acceptors (Lipinski definition) is 4. The van der Waals surface area contributed by atoms with Gasteiger partial charge < -0.3 is 4.90 Å². The fourth-order valence-corrected chi connectivity index (χ4v) is 5.00. The minimum Gasteiger partial charge on any atom is -0.331 e. The number of thiazole rings is 1. The number of benzene rings is 1. The zero-order chi connectivity index (χ0) is 16.5. The molecule has 5 heteroatoms. The van der Waals surface area contributed by atoms with Gasteiger partial charge in [-0.05, 0) is 42.3 Å². The Labute approximate surface area is 149 Å². The van der Waals surface area contributed by atoms with E-state index in [0.29, 0.717) is 0 Å². The van der Waals surface area contributed by atoms with Crippen molar-refractivity contribution in [2.75, 3.05) is 6.54 Å². The average molecular weight is 354 g/mol. The Morgan fingerprint density at radius 1 is 1.25 bits per heavy atom. The van der Waals surface area contributed by atoms with Gasteiger partial charge in [-0.2, -0.15) is 0 Å². The molecule has 4 rings (SSSR count). The second kappa shape index (κ2) is 6.49. The number of aryl methyl sites for hydroxylation is 1. The van der Waals surface area contributed by atoms with Crippen LogP contribution in [0.3, 0.4) is 0 Å². The quantitative estimate of drug-likeness (QED) is 0.651. The van der Waals surface area contributed by atoms with E-state index in [0.717, 1.165) is 34.1 Å². The second-order valence-corrected chi connectivity index (χ2v) is 8.00. The van der Waals surface area contributed by atoms with Crippen molar-refractivity contribution in [1.29, 1.82) is 0 Å². The van der Waals surface area contributed by atoms with Gasteiger partial charge in [-0.1, -0.05) is 30.3 Å². The smallest absolute Gasteiger partial charge is 0.266 e. The molecule has 1 atom stereocenters. The van der Waals surface area contributed by atoms with Gasteiger partial charge in [0.15, 0.2) is 0 Å². The number of hydrogen-bond donors (Lipinski definition) is 0. The first-order chi connectivity index (χ1) is 11.7. The molecule has 0 bridgehead atoms. The van der Waals surface area contributed by atoms with E-state index >= 15 is 0 Å². The molecule has 3 heterocycles. The van der Waals surface area contributed by atoms with Gasteiger partial charge in [-0.15, -0.1) is 22.7 Å². The van der Waals surface area contributed by atoms with Gasteiger partial charge in [-0.25, -0.2) is 4.98 Å². The maximum Gasteiger partial charge on any atom is 0.266 e. The fourth-order valence-electron chi connectivity index (χ4n) is 3.32. The Balaban J connectivity index is 1.61. The summed E-state index contributed by atoms with van der Waals surface area (Å²) in [5.41, 5.74) is 2.53. The molecule has 122 valence electrons. The van der Waals surface area contributed by atoms with E-state index < -0.39 is 0 Å². The molecule has 1 fully saturated rings. The topological polar surface area (TPSA) is 33.2 Å². The molecule has 24 heavy (non-hydrogen) atoms. The maximum atomic E-state index is 13.0. The van der Waals surface area contributed by atoms with Crippen molar-refractivity contribution in [3.8, 4) is 9.88 Å².